The third-order valence-electron chi connectivity index (χ3n) is 3.59. The number of fused-ring (bicyclic) bond motifs is 4. The zero-order valence-corrected chi connectivity index (χ0v) is 12.1. The van der Waals surface area contributed by atoms with Crippen molar-refractivity contribution in [1.29, 1.82) is 0 Å². The number of methoxy groups -OCH3 is 1. The molecular formula is C16H9ClO5. The summed E-state index contributed by atoms with van der Waals surface area (Å²) in [6.07, 6.45) is 0. The lowest BCUT2D eigenvalue weighted by Gasteiger charge is -2.12. The van der Waals surface area contributed by atoms with E-state index in [-0.39, 0.29) is 11.0 Å². The molecule has 0 radical (unpaired) electrons. The number of phenols is 1. The first-order chi connectivity index (χ1) is 10.6. The zero-order valence-electron chi connectivity index (χ0n) is 11.3. The maximum absolute atomic E-state index is 11.7. The van der Waals surface area contributed by atoms with Crippen LogP contribution in [0.1, 0.15) is 0 Å². The second-order valence-corrected chi connectivity index (χ2v) is 5.23. The normalized spacial score (nSPS) is 11.5. The highest BCUT2D eigenvalue weighted by molar-refractivity contribution is 6.30. The number of furan rings is 1. The van der Waals surface area contributed by atoms with Crippen molar-refractivity contribution in [3.8, 4) is 22.8 Å². The first-order valence-electron chi connectivity index (χ1n) is 6.44. The zero-order chi connectivity index (χ0) is 15.4. The van der Waals surface area contributed by atoms with Crippen LogP contribution >= 0.6 is 11.6 Å². The van der Waals surface area contributed by atoms with Crippen molar-refractivity contribution in [2.45, 2.75) is 0 Å². The third-order valence-corrected chi connectivity index (χ3v) is 3.77. The summed E-state index contributed by atoms with van der Waals surface area (Å²) in [5, 5.41) is 11.6. The van der Waals surface area contributed by atoms with Gasteiger partial charge in [0.15, 0.2) is 11.0 Å². The van der Waals surface area contributed by atoms with Crippen LogP contribution in [0.15, 0.2) is 44.0 Å². The van der Waals surface area contributed by atoms with Crippen molar-refractivity contribution < 1.29 is 18.7 Å². The van der Waals surface area contributed by atoms with Gasteiger partial charge in [0.05, 0.1) is 18.1 Å². The number of hydrogen-bond acceptors (Lipinski definition) is 5. The predicted molar refractivity (Wildman–Crippen MR) is 82.1 cm³/mol. The summed E-state index contributed by atoms with van der Waals surface area (Å²) in [7, 11) is 1.38. The summed E-state index contributed by atoms with van der Waals surface area (Å²) >= 11 is 5.90. The summed E-state index contributed by atoms with van der Waals surface area (Å²) in [6, 6.07) is 8.27. The summed E-state index contributed by atoms with van der Waals surface area (Å²) in [6.45, 7) is 0. The third kappa shape index (κ3) is 1.69. The highest BCUT2D eigenvalue weighted by Crippen LogP contribution is 2.41. The summed E-state index contributed by atoms with van der Waals surface area (Å²) < 4.78 is 16.4. The lowest BCUT2D eigenvalue weighted by Crippen LogP contribution is -2.03. The number of halogens is 1. The Hall–Kier alpha value is -2.66. The number of ether oxygens (including phenoxy) is 1. The molecule has 1 aromatic heterocycles. The van der Waals surface area contributed by atoms with Crippen molar-refractivity contribution >= 4 is 33.5 Å². The molecule has 0 spiro atoms. The van der Waals surface area contributed by atoms with Crippen LogP contribution in [-0.2, 0) is 0 Å². The monoisotopic (exact) mass is 316 g/mol. The van der Waals surface area contributed by atoms with E-state index in [1.165, 1.54) is 13.2 Å². The van der Waals surface area contributed by atoms with Crippen molar-refractivity contribution in [3.63, 3.8) is 0 Å². The molecule has 5 nitrogen and oxygen atoms in total. The number of aromatic hydroxyl groups is 1. The largest absolute Gasteiger partial charge is 0.502 e. The quantitative estimate of drug-likeness (QED) is 0.537. The molecule has 2 aliphatic rings. The lowest BCUT2D eigenvalue weighted by atomic mass is 10.0. The molecule has 110 valence electrons. The minimum Gasteiger partial charge on any atom is -0.502 e. The Morgan fingerprint density at radius 2 is 2.00 bits per heavy atom. The van der Waals surface area contributed by atoms with E-state index in [0.717, 1.165) is 5.39 Å². The second kappa shape index (κ2) is 4.42. The molecule has 2 aromatic rings. The summed E-state index contributed by atoms with van der Waals surface area (Å²) in [5.74, 6) is -0.0545. The van der Waals surface area contributed by atoms with E-state index < -0.39 is 11.2 Å². The molecule has 4 rings (SSSR count). The Balaban J connectivity index is 2.23. The predicted octanol–water partition coefficient (Wildman–Crippen LogP) is 4.01. The molecule has 1 aliphatic carbocycles. The highest BCUT2D eigenvalue weighted by atomic mass is 35.5. The number of hydrogen-bond donors (Lipinski definition) is 1. The van der Waals surface area contributed by atoms with E-state index in [2.05, 4.69) is 0 Å². The molecule has 0 saturated carbocycles. The van der Waals surface area contributed by atoms with Gasteiger partial charge in [0.2, 0.25) is 11.2 Å². The van der Waals surface area contributed by atoms with Crippen LogP contribution in [0.25, 0.3) is 33.3 Å². The van der Waals surface area contributed by atoms with Gasteiger partial charge in [-0.1, -0.05) is 0 Å². The Morgan fingerprint density at radius 1 is 1.18 bits per heavy atom. The molecule has 0 unspecified atom stereocenters. The van der Waals surface area contributed by atoms with Gasteiger partial charge in [-0.3, -0.25) is 4.79 Å². The Labute approximate surface area is 128 Å². The van der Waals surface area contributed by atoms with Gasteiger partial charge in [0, 0.05) is 17.5 Å². The molecule has 2 heterocycles. The fourth-order valence-electron chi connectivity index (χ4n) is 2.61. The van der Waals surface area contributed by atoms with Crippen LogP contribution < -0.4 is 10.2 Å². The first kappa shape index (κ1) is 13.0. The summed E-state index contributed by atoms with van der Waals surface area (Å²) in [4.78, 5) is 11.7. The fraction of sp³-hybridized carbons (Fsp3) is 0.0625. The maximum Gasteiger partial charge on any atom is 0.227 e. The van der Waals surface area contributed by atoms with Gasteiger partial charge in [0.25, 0.3) is 0 Å². The van der Waals surface area contributed by atoms with Crippen LogP contribution in [-0.4, -0.2) is 12.2 Å². The van der Waals surface area contributed by atoms with Gasteiger partial charge in [-0.15, -0.1) is 0 Å². The minimum absolute atomic E-state index is 0.0720. The van der Waals surface area contributed by atoms with Gasteiger partial charge < -0.3 is 18.7 Å². The van der Waals surface area contributed by atoms with Gasteiger partial charge in [-0.25, -0.2) is 0 Å². The molecule has 0 atom stereocenters. The first-order valence-corrected chi connectivity index (χ1v) is 6.82. The van der Waals surface area contributed by atoms with E-state index in [1.54, 1.807) is 18.2 Å². The van der Waals surface area contributed by atoms with Crippen molar-refractivity contribution in [2.75, 3.05) is 7.11 Å². The fourth-order valence-corrected chi connectivity index (χ4v) is 2.80. The molecular weight excluding hydrogens is 308 g/mol. The molecule has 0 saturated heterocycles. The average Bonchev–Trinajstić information content (AvgIpc) is 2.88. The van der Waals surface area contributed by atoms with Gasteiger partial charge in [0.1, 0.15) is 16.9 Å². The standard InChI is InChI=1S/C16H9ClO5/c1-20-16-9-5-8-11(21-12(9)6-10(18)14(16)19)3-2-7-4-13(17)22-15(7)8/h2-6,19H,1H3. The number of rotatable bonds is 1. The molecule has 6 heteroatoms. The molecule has 0 bridgehead atoms. The van der Waals surface area contributed by atoms with Gasteiger partial charge in [-0.05, 0) is 29.8 Å². The summed E-state index contributed by atoms with van der Waals surface area (Å²) in [5.41, 5.74) is 1.03. The topological polar surface area (TPSA) is 72.8 Å². The maximum atomic E-state index is 11.7. The van der Waals surface area contributed by atoms with E-state index in [1.807, 2.05) is 6.07 Å². The molecule has 1 aromatic carbocycles. The molecule has 1 aliphatic heterocycles. The number of benzene rings is 2. The van der Waals surface area contributed by atoms with Crippen molar-refractivity contribution in [1.82, 2.24) is 0 Å². The highest BCUT2D eigenvalue weighted by Gasteiger charge is 2.21. The van der Waals surface area contributed by atoms with Crippen LogP contribution in [0.5, 0.6) is 11.5 Å². The molecule has 22 heavy (non-hydrogen) atoms. The number of phenolic OH excluding ortho intramolecular Hbond substituents is 1. The molecule has 0 amide bonds. The SMILES string of the molecule is COc1c2cc3c(ccc4cc(Cl)oc43)oc-2cc(=O)c1O. The van der Waals surface area contributed by atoms with E-state index in [0.29, 0.717) is 27.9 Å². The van der Waals surface area contributed by atoms with Crippen LogP contribution in [0, 0.1) is 0 Å². The Kier molecular flexibility index (Phi) is 2.62. The van der Waals surface area contributed by atoms with E-state index >= 15 is 0 Å². The van der Waals surface area contributed by atoms with Gasteiger partial charge in [-0.2, -0.15) is 0 Å². The second-order valence-electron chi connectivity index (χ2n) is 4.86. The average molecular weight is 317 g/mol. The molecule has 0 fully saturated rings. The van der Waals surface area contributed by atoms with Crippen LogP contribution in [0.4, 0.5) is 0 Å². The lowest BCUT2D eigenvalue weighted by molar-refractivity contribution is 0.371. The molecule has 1 N–H and O–H groups in total. The van der Waals surface area contributed by atoms with Gasteiger partial charge >= 0.3 is 0 Å². The van der Waals surface area contributed by atoms with Crippen LogP contribution in [0.2, 0.25) is 5.22 Å². The Bertz CT molecular complexity index is 1060. The Morgan fingerprint density at radius 3 is 2.77 bits per heavy atom. The van der Waals surface area contributed by atoms with E-state index in [9.17, 15) is 9.90 Å². The van der Waals surface area contributed by atoms with Crippen molar-refractivity contribution in [2.24, 2.45) is 0 Å². The van der Waals surface area contributed by atoms with Crippen LogP contribution in [0.3, 0.4) is 0 Å². The smallest absolute Gasteiger partial charge is 0.227 e. The van der Waals surface area contributed by atoms with Crippen molar-refractivity contribution in [3.05, 3.63) is 45.8 Å². The van der Waals surface area contributed by atoms with E-state index in [4.69, 9.17) is 25.2 Å². The minimum atomic E-state index is -0.561.